The summed E-state index contributed by atoms with van der Waals surface area (Å²) >= 11 is 6.13. The molecule has 18 heavy (non-hydrogen) atoms. The highest BCUT2D eigenvalue weighted by Gasteiger charge is 2.05. The lowest BCUT2D eigenvalue weighted by molar-refractivity contribution is 0.876. The van der Waals surface area contributed by atoms with Gasteiger partial charge < -0.3 is 5.73 Å². The maximum absolute atomic E-state index is 6.13. The zero-order chi connectivity index (χ0) is 12.5. The molecule has 90 valence electrons. The summed E-state index contributed by atoms with van der Waals surface area (Å²) in [6.07, 6.45) is 2.43. The van der Waals surface area contributed by atoms with Gasteiger partial charge in [0.05, 0.1) is 10.5 Å². The van der Waals surface area contributed by atoms with Crippen LogP contribution >= 0.6 is 11.6 Å². The fourth-order valence-electron chi connectivity index (χ4n) is 1.90. The third kappa shape index (κ3) is 1.89. The minimum absolute atomic E-state index is 0.528. The smallest absolute Gasteiger partial charge is 0.163 e. The third-order valence-corrected chi connectivity index (χ3v) is 3.07. The quantitative estimate of drug-likeness (QED) is 0.717. The van der Waals surface area contributed by atoms with Gasteiger partial charge in [0.1, 0.15) is 5.82 Å². The van der Waals surface area contributed by atoms with Crippen molar-refractivity contribution >= 4 is 33.5 Å². The van der Waals surface area contributed by atoms with Crippen molar-refractivity contribution in [3.8, 4) is 0 Å². The molecule has 1 aromatic carbocycles. The molecule has 3 rings (SSSR count). The first kappa shape index (κ1) is 11.3. The maximum atomic E-state index is 6.13. The lowest BCUT2D eigenvalue weighted by atomic mass is 10.2. The van der Waals surface area contributed by atoms with E-state index in [0.717, 1.165) is 16.3 Å². The third-order valence-electron chi connectivity index (χ3n) is 2.76. The Kier molecular flexibility index (Phi) is 2.81. The summed E-state index contributed by atoms with van der Waals surface area (Å²) in [4.78, 5) is 13.2. The number of nitrogens with zero attached hydrogens (tertiary/aromatic N) is 3. The van der Waals surface area contributed by atoms with E-state index in [2.05, 4.69) is 15.0 Å². The fourth-order valence-corrected chi connectivity index (χ4v) is 2.12. The summed E-state index contributed by atoms with van der Waals surface area (Å²) < 4.78 is 0. The maximum Gasteiger partial charge on any atom is 0.163 e. The summed E-state index contributed by atoms with van der Waals surface area (Å²) in [5, 5.41) is 2.53. The van der Waals surface area contributed by atoms with Gasteiger partial charge in [0.2, 0.25) is 0 Å². The average molecular weight is 259 g/mol. The normalized spacial score (nSPS) is 11.2. The van der Waals surface area contributed by atoms with E-state index in [0.29, 0.717) is 29.5 Å². The largest absolute Gasteiger partial charge is 0.330 e. The van der Waals surface area contributed by atoms with Crippen LogP contribution in [-0.2, 0) is 6.42 Å². The van der Waals surface area contributed by atoms with Crippen molar-refractivity contribution in [1.82, 2.24) is 15.0 Å². The van der Waals surface area contributed by atoms with E-state index in [1.807, 2.05) is 24.3 Å². The van der Waals surface area contributed by atoms with Crippen molar-refractivity contribution in [2.24, 2.45) is 5.73 Å². The van der Waals surface area contributed by atoms with Gasteiger partial charge in [-0.2, -0.15) is 0 Å². The number of aromatic nitrogens is 3. The Balaban J connectivity index is 2.28. The molecule has 0 fully saturated rings. The highest BCUT2D eigenvalue weighted by Crippen LogP contribution is 2.24. The van der Waals surface area contributed by atoms with Crippen LogP contribution in [0.5, 0.6) is 0 Å². The molecule has 0 saturated heterocycles. The summed E-state index contributed by atoms with van der Waals surface area (Å²) in [5.41, 5.74) is 6.93. The highest BCUT2D eigenvalue weighted by atomic mass is 35.5. The van der Waals surface area contributed by atoms with E-state index < -0.39 is 0 Å². The summed E-state index contributed by atoms with van der Waals surface area (Å²) in [7, 11) is 0. The SMILES string of the molecule is NCCc1ncc2cc3cccc(Cl)c3nc2n1. The second kappa shape index (κ2) is 4.48. The molecule has 0 amide bonds. The van der Waals surface area contributed by atoms with Crippen LogP contribution in [-0.4, -0.2) is 21.5 Å². The Morgan fingerprint density at radius 3 is 2.89 bits per heavy atom. The first-order chi connectivity index (χ1) is 8.78. The van der Waals surface area contributed by atoms with Gasteiger partial charge in [0.25, 0.3) is 0 Å². The predicted octanol–water partition coefficient (Wildman–Crippen LogP) is 2.33. The van der Waals surface area contributed by atoms with Crippen molar-refractivity contribution in [3.05, 3.63) is 41.3 Å². The van der Waals surface area contributed by atoms with Gasteiger partial charge in [-0.15, -0.1) is 0 Å². The molecule has 2 N–H and O–H groups in total. The number of pyridine rings is 1. The monoisotopic (exact) mass is 258 g/mol. The molecule has 0 aliphatic rings. The van der Waals surface area contributed by atoms with Crippen LogP contribution in [0.1, 0.15) is 5.82 Å². The molecule has 2 aromatic heterocycles. The number of halogens is 1. The average Bonchev–Trinajstić information content (AvgIpc) is 2.38. The second-order valence-corrected chi connectivity index (χ2v) is 4.44. The molecule has 0 aliphatic heterocycles. The number of rotatable bonds is 2. The molecule has 0 unspecified atom stereocenters. The van der Waals surface area contributed by atoms with Gasteiger partial charge in [0, 0.05) is 23.4 Å². The number of hydrogen-bond acceptors (Lipinski definition) is 4. The molecule has 4 nitrogen and oxygen atoms in total. The van der Waals surface area contributed by atoms with Crippen LogP contribution in [0.25, 0.3) is 21.9 Å². The highest BCUT2D eigenvalue weighted by molar-refractivity contribution is 6.35. The predicted molar refractivity (Wildman–Crippen MR) is 72.6 cm³/mol. The zero-order valence-corrected chi connectivity index (χ0v) is 10.4. The molecular weight excluding hydrogens is 248 g/mol. The van der Waals surface area contributed by atoms with Crippen LogP contribution < -0.4 is 5.73 Å². The van der Waals surface area contributed by atoms with Crippen LogP contribution in [0.2, 0.25) is 5.02 Å². The van der Waals surface area contributed by atoms with Crippen LogP contribution in [0.3, 0.4) is 0 Å². The standard InChI is InChI=1S/C13H11ClN4/c14-10-3-1-2-8-6-9-7-16-11(4-5-15)17-13(9)18-12(8)10/h1-3,6-7H,4-5,15H2. The van der Waals surface area contributed by atoms with Crippen molar-refractivity contribution in [3.63, 3.8) is 0 Å². The fraction of sp³-hybridized carbons (Fsp3) is 0.154. The minimum Gasteiger partial charge on any atom is -0.330 e. The van der Waals surface area contributed by atoms with Crippen molar-refractivity contribution in [2.75, 3.05) is 6.54 Å². The molecule has 0 saturated carbocycles. The Labute approximate surface area is 109 Å². The zero-order valence-electron chi connectivity index (χ0n) is 9.60. The molecule has 0 bridgehead atoms. The van der Waals surface area contributed by atoms with Gasteiger partial charge in [-0.3, -0.25) is 0 Å². The molecule has 0 aliphatic carbocycles. The minimum atomic E-state index is 0.528. The van der Waals surface area contributed by atoms with Crippen LogP contribution in [0.4, 0.5) is 0 Å². The summed E-state index contributed by atoms with van der Waals surface area (Å²) in [6.45, 7) is 0.528. The lowest BCUT2D eigenvalue weighted by Crippen LogP contribution is -2.06. The van der Waals surface area contributed by atoms with Gasteiger partial charge >= 0.3 is 0 Å². The van der Waals surface area contributed by atoms with Crippen molar-refractivity contribution in [2.45, 2.75) is 6.42 Å². The Bertz CT molecular complexity index is 727. The molecule has 2 heterocycles. The number of hydrogen-bond donors (Lipinski definition) is 1. The van der Waals surface area contributed by atoms with E-state index in [1.54, 1.807) is 6.20 Å². The van der Waals surface area contributed by atoms with E-state index in [-0.39, 0.29) is 0 Å². The second-order valence-electron chi connectivity index (χ2n) is 4.04. The summed E-state index contributed by atoms with van der Waals surface area (Å²) in [6, 6.07) is 7.70. The number of nitrogens with two attached hydrogens (primary N) is 1. The molecular formula is C13H11ClN4. The molecule has 0 atom stereocenters. The lowest BCUT2D eigenvalue weighted by Gasteiger charge is -2.03. The topological polar surface area (TPSA) is 64.7 Å². The number of fused-ring (bicyclic) bond motifs is 2. The first-order valence-corrected chi connectivity index (χ1v) is 6.07. The molecule has 0 radical (unpaired) electrons. The van der Waals surface area contributed by atoms with Gasteiger partial charge in [0.15, 0.2) is 5.65 Å². The van der Waals surface area contributed by atoms with Crippen molar-refractivity contribution in [1.29, 1.82) is 0 Å². The Morgan fingerprint density at radius 2 is 2.06 bits per heavy atom. The van der Waals surface area contributed by atoms with E-state index in [9.17, 15) is 0 Å². The van der Waals surface area contributed by atoms with Gasteiger partial charge in [-0.25, -0.2) is 15.0 Å². The Hall–Kier alpha value is -1.78. The first-order valence-electron chi connectivity index (χ1n) is 5.69. The van der Waals surface area contributed by atoms with Crippen LogP contribution in [0.15, 0.2) is 30.5 Å². The Morgan fingerprint density at radius 1 is 1.17 bits per heavy atom. The summed E-state index contributed by atoms with van der Waals surface area (Å²) in [5.74, 6) is 0.712. The number of benzene rings is 1. The molecule has 0 spiro atoms. The molecule has 3 aromatic rings. The van der Waals surface area contributed by atoms with Crippen LogP contribution in [0, 0.1) is 0 Å². The van der Waals surface area contributed by atoms with Crippen molar-refractivity contribution < 1.29 is 0 Å². The van der Waals surface area contributed by atoms with Gasteiger partial charge in [-0.1, -0.05) is 23.7 Å². The molecule has 5 heteroatoms. The number of para-hydroxylation sites is 1. The van der Waals surface area contributed by atoms with E-state index in [4.69, 9.17) is 17.3 Å². The van der Waals surface area contributed by atoms with Gasteiger partial charge in [-0.05, 0) is 18.7 Å². The van der Waals surface area contributed by atoms with E-state index >= 15 is 0 Å². The van der Waals surface area contributed by atoms with E-state index in [1.165, 1.54) is 0 Å².